The van der Waals surface area contributed by atoms with Gasteiger partial charge < -0.3 is 43.9 Å². The molecule has 2 aromatic heterocycles. The van der Waals surface area contributed by atoms with Gasteiger partial charge in [0.25, 0.3) is 5.56 Å². The number of carbonyl (C=O) groups is 1. The Labute approximate surface area is 162 Å². The van der Waals surface area contributed by atoms with E-state index in [1.54, 1.807) is 10.6 Å². The van der Waals surface area contributed by atoms with Gasteiger partial charge in [-0.2, -0.15) is 4.98 Å². The van der Waals surface area contributed by atoms with Crippen LogP contribution in [0.1, 0.15) is 12.5 Å². The zero-order chi connectivity index (χ0) is 21.4. The first-order chi connectivity index (χ1) is 13.5. The van der Waals surface area contributed by atoms with E-state index in [9.17, 15) is 33.6 Å². The minimum Gasteiger partial charge on any atom is -0.778 e. The number of allylic oxidation sites excluding steroid dienone is 1. The van der Waals surface area contributed by atoms with Crippen molar-refractivity contribution in [2.75, 3.05) is 18.2 Å². The lowest BCUT2D eigenvalue weighted by Gasteiger charge is -2.32. The molecule has 1 aliphatic carbocycles. The largest absolute Gasteiger partial charge is 0.778 e. The number of imidazole rings is 1. The summed E-state index contributed by atoms with van der Waals surface area (Å²) in [6.45, 7) is 0. The third-order valence-corrected chi connectivity index (χ3v) is 6.95. The number of nitrogens with zero attached hydrogens (tertiary/aromatic N) is 3. The van der Waals surface area contributed by atoms with Crippen LogP contribution >= 0.6 is 15.2 Å². The van der Waals surface area contributed by atoms with Crippen LogP contribution in [0.25, 0.3) is 11.2 Å². The van der Waals surface area contributed by atoms with Crippen LogP contribution in [0.3, 0.4) is 0 Å². The molecule has 0 bridgehead atoms. The monoisotopic (exact) mass is 446 g/mol. The predicted molar refractivity (Wildman–Crippen MR) is 91.3 cm³/mol. The third-order valence-electron chi connectivity index (χ3n) is 3.85. The molecule has 2 aromatic rings. The normalized spacial score (nSPS) is 23.1. The molecule has 0 saturated carbocycles. The molecule has 0 fully saturated rings. The lowest BCUT2D eigenvalue weighted by Crippen LogP contribution is -2.29. The van der Waals surface area contributed by atoms with E-state index < -0.39 is 45.3 Å². The fourth-order valence-electron chi connectivity index (χ4n) is 2.75. The Hall–Kier alpha value is -2.34. The second-order valence-corrected chi connectivity index (χ2v) is 9.80. The van der Waals surface area contributed by atoms with Crippen molar-refractivity contribution in [2.45, 2.75) is 18.6 Å². The van der Waals surface area contributed by atoms with Crippen molar-refractivity contribution in [1.82, 2.24) is 19.5 Å². The molecule has 0 aromatic carbocycles. The van der Waals surface area contributed by atoms with E-state index in [0.29, 0.717) is 0 Å². The lowest BCUT2D eigenvalue weighted by atomic mass is 10.2. The Morgan fingerprint density at radius 2 is 2.07 bits per heavy atom. The highest BCUT2D eigenvalue weighted by molar-refractivity contribution is 7.65. The van der Waals surface area contributed by atoms with Crippen LogP contribution in [0.15, 0.2) is 23.3 Å². The first-order valence-corrected chi connectivity index (χ1v) is 11.4. The topological polar surface area (TPSA) is 228 Å². The highest BCUT2D eigenvalue weighted by atomic mass is 31.3. The number of rotatable bonds is 8. The van der Waals surface area contributed by atoms with Gasteiger partial charge in [0, 0.05) is 12.4 Å². The highest BCUT2D eigenvalue weighted by Gasteiger charge is 2.26. The molecule has 0 radical (unpaired) electrons. The van der Waals surface area contributed by atoms with Gasteiger partial charge in [0.2, 0.25) is 5.95 Å². The van der Waals surface area contributed by atoms with Gasteiger partial charge in [-0.15, -0.1) is 0 Å². The molecule has 2 heterocycles. The number of nitrogens with one attached hydrogen (secondary N) is 1. The number of fused-ring (bicyclic) bond motifs is 1. The third kappa shape index (κ3) is 5.18. The number of ether oxygens (including phenoxy) is 1. The van der Waals surface area contributed by atoms with Crippen LogP contribution in [0, 0.1) is 0 Å². The Morgan fingerprint density at radius 3 is 2.76 bits per heavy atom. The molecule has 1 aliphatic rings. The maximum Gasteiger partial charge on any atom is 0.280 e. The SMILES string of the molecule is Nc1nc2c(ncn2[C@@H]2C=C[C@H](OCP(=O)([O-])OP(=O)([O-])CC(=O)[O-])C2)c(=O)[nH]1. The summed E-state index contributed by atoms with van der Waals surface area (Å²) in [7, 11) is -10.2. The molecule has 14 nitrogen and oxygen atoms in total. The van der Waals surface area contributed by atoms with Crippen molar-refractivity contribution >= 4 is 38.3 Å². The average Bonchev–Trinajstić information content (AvgIpc) is 3.16. The van der Waals surface area contributed by atoms with Gasteiger partial charge in [-0.3, -0.25) is 14.1 Å². The molecule has 2 unspecified atom stereocenters. The Bertz CT molecular complexity index is 1130. The molecule has 16 heteroatoms. The number of aromatic nitrogens is 4. The maximum absolute atomic E-state index is 11.8. The van der Waals surface area contributed by atoms with Crippen molar-refractivity contribution in [3.8, 4) is 0 Å². The van der Waals surface area contributed by atoms with Crippen LogP contribution in [0.5, 0.6) is 0 Å². The molecule has 0 spiro atoms. The average molecular weight is 446 g/mol. The zero-order valence-corrected chi connectivity index (χ0v) is 16.3. The Balaban J connectivity index is 1.63. The minimum atomic E-state index is -5.17. The lowest BCUT2D eigenvalue weighted by molar-refractivity contribution is -0.302. The van der Waals surface area contributed by atoms with Crippen LogP contribution < -0.4 is 26.2 Å². The van der Waals surface area contributed by atoms with Crippen LogP contribution in [-0.4, -0.2) is 44.1 Å². The number of H-pyrrole nitrogens is 1. The van der Waals surface area contributed by atoms with E-state index in [0.717, 1.165) is 0 Å². The van der Waals surface area contributed by atoms with E-state index in [4.69, 9.17) is 10.5 Å². The summed E-state index contributed by atoms with van der Waals surface area (Å²) < 4.78 is 33.7. The number of carboxylic acid groups (broad SMARTS) is 1. The molecular formula is C13H14N5O9P2-3. The number of hydrogen-bond acceptors (Lipinski definition) is 12. The minimum absolute atomic E-state index is 0.0774. The van der Waals surface area contributed by atoms with Gasteiger partial charge in [0.1, 0.15) is 13.9 Å². The zero-order valence-electron chi connectivity index (χ0n) is 14.5. The second-order valence-electron chi connectivity index (χ2n) is 6.13. The van der Waals surface area contributed by atoms with Crippen LogP contribution in [0.2, 0.25) is 0 Å². The van der Waals surface area contributed by atoms with Gasteiger partial charge in [-0.05, 0) is 0 Å². The Morgan fingerprint density at radius 1 is 1.34 bits per heavy atom. The van der Waals surface area contributed by atoms with Crippen molar-refractivity contribution in [2.24, 2.45) is 0 Å². The van der Waals surface area contributed by atoms with Gasteiger partial charge in [0.05, 0.1) is 24.6 Å². The number of nitrogens with two attached hydrogens (primary N) is 1. The molecule has 3 rings (SSSR count). The van der Waals surface area contributed by atoms with Gasteiger partial charge in [-0.1, -0.05) is 12.2 Å². The van der Waals surface area contributed by atoms with Crippen molar-refractivity contribution in [3.63, 3.8) is 0 Å². The fourth-order valence-corrected chi connectivity index (χ4v) is 5.38. The summed E-state index contributed by atoms with van der Waals surface area (Å²) in [5.41, 5.74) is 5.33. The molecule has 0 aliphatic heterocycles. The number of anilines is 1. The first kappa shape index (κ1) is 21.4. The van der Waals surface area contributed by atoms with E-state index in [-0.39, 0.29) is 29.6 Å². The summed E-state index contributed by atoms with van der Waals surface area (Å²) in [6.07, 6.45) is 1.40. The Kier molecular flexibility index (Phi) is 5.77. The van der Waals surface area contributed by atoms with Crippen molar-refractivity contribution in [1.29, 1.82) is 0 Å². The molecule has 158 valence electrons. The second kappa shape index (κ2) is 7.82. The standard InChI is InChI=1S/C13H17N5O9P2/c14-13-16-11-10(12(21)17-13)15-5-18(11)7-1-2-8(3-7)26-6-29(24,25)27-28(22,23)4-9(19)20/h1-2,5,7-8H,3-4,6H2,(H,19,20)(H,22,23)(H,24,25)(H3,14,16,17,21)/p-3/t7-,8+/m1/s1. The van der Waals surface area contributed by atoms with Gasteiger partial charge in [0.15, 0.2) is 18.8 Å². The number of aliphatic carboxylic acids is 1. The fraction of sp³-hybridized carbons (Fsp3) is 0.385. The number of nitrogen functional groups attached to an aromatic ring is 1. The molecule has 0 saturated heterocycles. The summed E-state index contributed by atoms with van der Waals surface area (Å²) in [5, 5.41) is 10.3. The number of aromatic amines is 1. The van der Waals surface area contributed by atoms with Crippen LogP contribution in [-0.2, 0) is 23.0 Å². The van der Waals surface area contributed by atoms with Crippen LogP contribution in [0.4, 0.5) is 5.95 Å². The van der Waals surface area contributed by atoms with E-state index >= 15 is 0 Å². The predicted octanol–water partition coefficient (Wildman–Crippen LogP) is -2.58. The summed E-state index contributed by atoms with van der Waals surface area (Å²) in [5.74, 6) is -2.09. The smallest absolute Gasteiger partial charge is 0.280 e. The van der Waals surface area contributed by atoms with Crippen molar-refractivity contribution in [3.05, 3.63) is 28.8 Å². The summed E-state index contributed by atoms with van der Waals surface area (Å²) in [4.78, 5) is 55.5. The number of hydrogen-bond donors (Lipinski definition) is 2. The summed E-state index contributed by atoms with van der Waals surface area (Å²) in [6, 6.07) is -0.380. The first-order valence-electron chi connectivity index (χ1n) is 7.99. The molecule has 4 atom stereocenters. The van der Waals surface area contributed by atoms with Gasteiger partial charge in [-0.25, -0.2) is 4.98 Å². The number of carbonyl (C=O) groups excluding carboxylic acids is 1. The highest BCUT2D eigenvalue weighted by Crippen LogP contribution is 2.54. The number of carboxylic acids is 1. The maximum atomic E-state index is 11.8. The molecule has 29 heavy (non-hydrogen) atoms. The van der Waals surface area contributed by atoms with E-state index in [2.05, 4.69) is 19.3 Å². The molecular weight excluding hydrogens is 432 g/mol. The van der Waals surface area contributed by atoms with Crippen molar-refractivity contribution < 1.29 is 37.9 Å². The quantitative estimate of drug-likeness (QED) is 0.315. The summed E-state index contributed by atoms with van der Waals surface area (Å²) >= 11 is 0. The molecule has 3 N–H and O–H groups in total. The van der Waals surface area contributed by atoms with E-state index in [1.807, 2.05) is 0 Å². The molecule has 0 amide bonds. The van der Waals surface area contributed by atoms with E-state index in [1.165, 1.54) is 12.4 Å². The van der Waals surface area contributed by atoms with Gasteiger partial charge >= 0.3 is 0 Å².